The molecule has 8 aromatic heterocycles. The van der Waals surface area contributed by atoms with E-state index in [2.05, 4.69) is 104 Å². The number of nitriles is 3. The maximum atomic E-state index is 9.26. The molecule has 24 heteroatoms. The summed E-state index contributed by atoms with van der Waals surface area (Å²) in [6.45, 7) is 45.8. The minimum Gasteiger partial charge on any atom is -0.505 e. The molecule has 0 aliphatic carbocycles. The van der Waals surface area contributed by atoms with E-state index in [4.69, 9.17) is 47.6 Å². The smallest absolute Gasteiger partial charge is 0.292 e. The first-order chi connectivity index (χ1) is 48.1. The number of ether oxygens (including phenoxy) is 2. The molecule has 0 atom stereocenters. The maximum absolute atomic E-state index is 9.26. The Morgan fingerprint density at radius 2 is 0.758 bits per heavy atom. The maximum Gasteiger partial charge on any atom is 0.292 e. The zero-order valence-electron chi connectivity index (χ0n) is 53.1. The summed E-state index contributed by atoms with van der Waals surface area (Å²) in [6, 6.07) is 56.2. The van der Waals surface area contributed by atoms with Gasteiger partial charge in [0.25, 0.3) is 17.1 Å². The summed E-state index contributed by atoms with van der Waals surface area (Å²) in [4.78, 5) is 27.2. The van der Waals surface area contributed by atoms with Gasteiger partial charge in [-0.3, -0.25) is 0 Å². The van der Waals surface area contributed by atoms with Crippen molar-refractivity contribution in [3.63, 3.8) is 0 Å². The van der Waals surface area contributed by atoms with Crippen molar-refractivity contribution < 1.29 is 9.47 Å². The molecule has 19 nitrogen and oxygen atoms in total. The second-order valence-corrected chi connectivity index (χ2v) is 28.0. The van der Waals surface area contributed by atoms with E-state index < -0.39 is 11.2 Å². The normalized spacial score (nSPS) is 14.6. The minimum atomic E-state index is -0.821. The van der Waals surface area contributed by atoms with Crippen molar-refractivity contribution in [3.05, 3.63) is 322 Å². The SMILES string of the molecule is [C-]#[N+]/C(C#N)=C\c1ccc(-c2ccc(-c3cn(Cc4ccccc4)nn3)s2)s1.[C-]#[N+]C1=C(/C=C/c2ccc(-c3ccc(-c4cn(Cc5ccccc5)nn4)s3)s2)C(C)(C)O/C1=C(\C#N)[N+]#[C-].[C-]#[N+]C1=C(/C=C/c2ccc(-c3cn(Cc4ccccc4)nn3)s2)C(C)(C)O/C1=C(\C#N)[N+]#[C-]. The highest BCUT2D eigenvalue weighted by atomic mass is 32.1. The van der Waals surface area contributed by atoms with Gasteiger partial charge in [0.05, 0.1) is 104 Å². The van der Waals surface area contributed by atoms with E-state index in [1.165, 1.54) is 11.1 Å². The van der Waals surface area contributed by atoms with Crippen LogP contribution >= 0.6 is 56.7 Å². The quantitative estimate of drug-likeness (QED) is 0.0657. The minimum absolute atomic E-state index is 0.0500. The fraction of sp³-hybridized carbons (Fsp3) is 0.120. The van der Waals surface area contributed by atoms with Crippen molar-refractivity contribution in [2.45, 2.75) is 58.5 Å². The summed E-state index contributed by atoms with van der Waals surface area (Å²) < 4.78 is 17.1. The first-order valence-electron chi connectivity index (χ1n) is 30.0. The van der Waals surface area contributed by atoms with Crippen LogP contribution in [0, 0.1) is 66.9 Å². The van der Waals surface area contributed by atoms with Gasteiger partial charge in [0.1, 0.15) is 39.8 Å². The highest BCUT2D eigenvalue weighted by Gasteiger charge is 2.40. The Morgan fingerprint density at radius 1 is 0.424 bits per heavy atom. The third kappa shape index (κ3) is 16.2. The molecule has 0 spiro atoms. The lowest BCUT2D eigenvalue weighted by Crippen LogP contribution is -2.20. The van der Waals surface area contributed by atoms with Gasteiger partial charge >= 0.3 is 0 Å². The van der Waals surface area contributed by atoms with Crippen LogP contribution in [0.5, 0.6) is 0 Å². The first kappa shape index (κ1) is 67.7. The zero-order chi connectivity index (χ0) is 69.5. The summed E-state index contributed by atoms with van der Waals surface area (Å²) in [5.74, 6) is 0.106. The number of thiophene rings is 5. The molecule has 11 aromatic rings. The van der Waals surface area contributed by atoms with Gasteiger partial charge in [0.15, 0.2) is 0 Å². The van der Waals surface area contributed by atoms with E-state index in [-0.39, 0.29) is 40.0 Å². The molecule has 0 N–H and O–H groups in total. The van der Waals surface area contributed by atoms with Crippen LogP contribution in [-0.4, -0.2) is 56.2 Å². The van der Waals surface area contributed by atoms with Crippen molar-refractivity contribution in [1.82, 2.24) is 45.0 Å². The molecule has 0 unspecified atom stereocenters. The number of allylic oxidation sites excluding steroid dienone is 3. The first-order valence-corrected chi connectivity index (χ1v) is 34.1. The van der Waals surface area contributed by atoms with Crippen molar-refractivity contribution >= 4 is 74.9 Å². The average Bonchev–Trinajstić information content (AvgIpc) is 1.63. The Labute approximate surface area is 590 Å². The molecule has 478 valence electrons. The van der Waals surface area contributed by atoms with Gasteiger partial charge in [-0.25, -0.2) is 54.1 Å². The molecular weight excluding hydrogens is 1330 g/mol. The summed E-state index contributed by atoms with van der Waals surface area (Å²) >= 11 is 8.07. The molecule has 0 amide bonds. The van der Waals surface area contributed by atoms with Crippen molar-refractivity contribution in [3.8, 4) is 69.4 Å². The van der Waals surface area contributed by atoms with Crippen molar-refractivity contribution in [2.24, 2.45) is 0 Å². The zero-order valence-corrected chi connectivity index (χ0v) is 57.2. The molecule has 0 bridgehead atoms. The standard InChI is InChI=1S/C29H20N6OS2.C25H18N6OS.C21H13N5S2/c1-29(2)21(27(32-4)28(36-29)22(16-30)31-3)12-10-20-11-13-25(37-20)26-15-14-24(38-26)23-18-35(34-33-23)17-19-8-6-5-7-9-19;1-25(2)19(23(28-4)24(32-25)20(14-26)27-3)12-10-18-11-13-22(33-18)21-16-31(30-29-21)15-17-8-6-5-7-9-17;1-23-16(12-22)11-17-7-8-20(27-17)21-10-9-19(28-21)18-14-26(25-24-18)13-15-5-3-2-4-6-15/h5-15,18H,17H2,1-2H3;5-13,16H,15H2,1-2H3;2-11,14H,13H2/b12-10+,28-22+;12-10+,24-20+;16-11-. The van der Waals surface area contributed by atoms with E-state index in [1.807, 2.05) is 206 Å². The second kappa shape index (κ2) is 30.8. The van der Waals surface area contributed by atoms with Gasteiger partial charge in [-0.2, -0.15) is 0 Å². The molecule has 3 aromatic carbocycles. The van der Waals surface area contributed by atoms with Crippen LogP contribution < -0.4 is 0 Å². The molecule has 0 saturated carbocycles. The number of benzene rings is 3. The highest BCUT2D eigenvalue weighted by molar-refractivity contribution is 7.24. The lowest BCUT2D eigenvalue weighted by molar-refractivity contribution is 0.0948. The van der Waals surface area contributed by atoms with Gasteiger partial charge in [0, 0.05) is 45.3 Å². The fourth-order valence-electron chi connectivity index (χ4n) is 10.2. The van der Waals surface area contributed by atoms with Crippen LogP contribution in [0.1, 0.15) is 59.0 Å². The molecule has 2 aliphatic rings. The molecule has 99 heavy (non-hydrogen) atoms. The Morgan fingerprint density at radius 3 is 1.12 bits per heavy atom. The van der Waals surface area contributed by atoms with Gasteiger partial charge in [-0.05, 0) is 123 Å². The number of aromatic nitrogens is 9. The molecule has 0 radical (unpaired) electrons. The molecular formula is C75H51N17O2S5. The second-order valence-electron chi connectivity index (χ2n) is 22.5. The lowest BCUT2D eigenvalue weighted by Gasteiger charge is -2.21. The van der Waals surface area contributed by atoms with Crippen molar-refractivity contribution in [2.75, 3.05) is 0 Å². The number of hydrogen-bond acceptors (Lipinski definition) is 16. The Hall–Kier alpha value is -12.7. The summed E-state index contributed by atoms with van der Waals surface area (Å²) in [7, 11) is 0. The number of hydrogen-bond donors (Lipinski definition) is 0. The average molecular weight is 1380 g/mol. The van der Waals surface area contributed by atoms with Gasteiger partial charge < -0.3 is 9.47 Å². The predicted octanol–water partition coefficient (Wildman–Crippen LogP) is 18.7. The van der Waals surface area contributed by atoms with E-state index in [9.17, 15) is 10.5 Å². The van der Waals surface area contributed by atoms with Crippen LogP contribution in [0.3, 0.4) is 0 Å². The monoisotopic (exact) mass is 1380 g/mol. The molecule has 0 saturated heterocycles. The van der Waals surface area contributed by atoms with Crippen LogP contribution in [0.15, 0.2) is 234 Å². The lowest BCUT2D eigenvalue weighted by atomic mass is 9.97. The predicted molar refractivity (Wildman–Crippen MR) is 388 cm³/mol. The largest absolute Gasteiger partial charge is 0.505 e. The molecule has 10 heterocycles. The summed E-state index contributed by atoms with van der Waals surface area (Å²) in [5, 5.41) is 53.1. The summed E-state index contributed by atoms with van der Waals surface area (Å²) in [6.07, 6.45) is 15.0. The Balaban J connectivity index is 0.000000152. The van der Waals surface area contributed by atoms with E-state index in [0.29, 0.717) is 30.8 Å². The third-order valence-electron chi connectivity index (χ3n) is 14.9. The van der Waals surface area contributed by atoms with Crippen LogP contribution in [-0.2, 0) is 29.1 Å². The van der Waals surface area contributed by atoms with E-state index >= 15 is 0 Å². The number of nitrogens with zero attached hydrogens (tertiary/aromatic N) is 17. The highest BCUT2D eigenvalue weighted by Crippen LogP contribution is 2.45. The molecule has 0 fully saturated rings. The van der Waals surface area contributed by atoms with Gasteiger partial charge in [-0.1, -0.05) is 119 Å². The molecule has 2 aliphatic heterocycles. The fourth-order valence-corrected chi connectivity index (χ4v) is 15.0. The summed E-state index contributed by atoms with van der Waals surface area (Å²) in [5.41, 5.74) is 5.71. The van der Waals surface area contributed by atoms with Crippen LogP contribution in [0.4, 0.5) is 0 Å². The Bertz CT molecular complexity index is 5370. The Kier molecular flexibility index (Phi) is 21.0. The number of rotatable bonds is 16. The van der Waals surface area contributed by atoms with Gasteiger partial charge in [-0.15, -0.1) is 72.0 Å². The third-order valence-corrected chi connectivity index (χ3v) is 20.7. The van der Waals surface area contributed by atoms with Gasteiger partial charge in [0.2, 0.25) is 11.4 Å². The topological polar surface area (TPSA) is 204 Å². The van der Waals surface area contributed by atoms with E-state index in [0.717, 1.165) is 71.4 Å². The van der Waals surface area contributed by atoms with Crippen LogP contribution in [0.2, 0.25) is 0 Å². The van der Waals surface area contributed by atoms with Crippen molar-refractivity contribution in [1.29, 1.82) is 15.8 Å². The van der Waals surface area contributed by atoms with Crippen LogP contribution in [0.25, 0.3) is 93.7 Å². The molecule has 13 rings (SSSR count). The van der Waals surface area contributed by atoms with E-state index in [1.54, 1.807) is 62.8 Å².